The topological polar surface area (TPSA) is 108 Å². The van der Waals surface area contributed by atoms with Crippen LogP contribution >= 0.6 is 0 Å². The number of aliphatic hydroxyl groups is 1. The molecule has 5 rings (SSSR count). The fraction of sp³-hybridized carbons (Fsp3) is 0.421. The number of hydrogen-bond donors (Lipinski definition) is 3. The van der Waals surface area contributed by atoms with E-state index in [2.05, 4.69) is 60.1 Å². The third-order valence-electron chi connectivity index (χ3n) is 9.24. The minimum absolute atomic E-state index is 0.00427. The molecule has 2 aliphatic rings. The number of aliphatic carboxylic acids is 1. The molecule has 3 aromatic carbocycles. The first-order valence-corrected chi connectivity index (χ1v) is 16.4. The van der Waals surface area contributed by atoms with Crippen LogP contribution in [0.15, 0.2) is 85.5 Å². The Labute approximate surface area is 272 Å². The van der Waals surface area contributed by atoms with Crippen LogP contribution in [-0.4, -0.2) is 52.2 Å². The SMILES string of the molecule is C=CCN(C[C@@H]1O[C@H](c2ccc(-c3cccc(CNC(=O)CCC(=O)O)c3)cc2)O[C@H](c2ccc(CO)cc2)[C@@H]1C)C1CCCC1. The van der Waals surface area contributed by atoms with Gasteiger partial charge in [-0.15, -0.1) is 6.58 Å². The summed E-state index contributed by atoms with van der Waals surface area (Å²) in [5.74, 6) is -1.16. The van der Waals surface area contributed by atoms with E-state index in [0.29, 0.717) is 12.6 Å². The lowest BCUT2D eigenvalue weighted by Gasteiger charge is -2.43. The number of benzene rings is 3. The lowest BCUT2D eigenvalue weighted by molar-refractivity contribution is -0.276. The summed E-state index contributed by atoms with van der Waals surface area (Å²) in [6.45, 7) is 8.21. The summed E-state index contributed by atoms with van der Waals surface area (Å²) in [6.07, 6.45) is 5.95. The van der Waals surface area contributed by atoms with Crippen LogP contribution in [-0.2, 0) is 32.2 Å². The maximum Gasteiger partial charge on any atom is 0.303 e. The number of hydrogen-bond acceptors (Lipinski definition) is 6. The summed E-state index contributed by atoms with van der Waals surface area (Å²) in [6, 6.07) is 24.7. The number of carboxylic acids is 1. The van der Waals surface area contributed by atoms with Crippen LogP contribution in [0.4, 0.5) is 0 Å². The maximum atomic E-state index is 12.0. The number of carbonyl (C=O) groups excluding carboxylic acids is 1. The summed E-state index contributed by atoms with van der Waals surface area (Å²) < 4.78 is 13.5. The van der Waals surface area contributed by atoms with Gasteiger partial charge in [0.05, 0.1) is 25.2 Å². The predicted molar refractivity (Wildman–Crippen MR) is 178 cm³/mol. The Balaban J connectivity index is 1.33. The molecule has 4 atom stereocenters. The van der Waals surface area contributed by atoms with Crippen LogP contribution in [0, 0.1) is 5.92 Å². The van der Waals surface area contributed by atoms with Gasteiger partial charge in [0.1, 0.15) is 0 Å². The summed E-state index contributed by atoms with van der Waals surface area (Å²) in [7, 11) is 0. The monoisotopic (exact) mass is 626 g/mol. The van der Waals surface area contributed by atoms with Gasteiger partial charge in [0.25, 0.3) is 0 Å². The molecule has 8 heteroatoms. The third kappa shape index (κ3) is 8.70. The molecule has 1 saturated heterocycles. The van der Waals surface area contributed by atoms with Gasteiger partial charge in [-0.05, 0) is 46.7 Å². The largest absolute Gasteiger partial charge is 0.481 e. The normalized spacial score (nSPS) is 21.7. The van der Waals surface area contributed by atoms with Crippen molar-refractivity contribution in [3.8, 4) is 11.1 Å². The summed E-state index contributed by atoms with van der Waals surface area (Å²) in [4.78, 5) is 25.3. The minimum atomic E-state index is -0.986. The van der Waals surface area contributed by atoms with E-state index in [0.717, 1.165) is 46.5 Å². The molecule has 0 bridgehead atoms. The van der Waals surface area contributed by atoms with Gasteiger partial charge in [-0.3, -0.25) is 14.5 Å². The van der Waals surface area contributed by atoms with E-state index in [1.165, 1.54) is 25.7 Å². The first-order chi connectivity index (χ1) is 22.3. The highest BCUT2D eigenvalue weighted by atomic mass is 16.7. The van der Waals surface area contributed by atoms with E-state index in [4.69, 9.17) is 14.6 Å². The molecule has 0 aromatic heterocycles. The van der Waals surface area contributed by atoms with Gasteiger partial charge < -0.3 is 25.0 Å². The number of aliphatic hydroxyl groups excluding tert-OH is 1. The molecule has 46 heavy (non-hydrogen) atoms. The van der Waals surface area contributed by atoms with E-state index < -0.39 is 12.3 Å². The van der Waals surface area contributed by atoms with E-state index in [-0.39, 0.29) is 43.5 Å². The second kappa shape index (κ2) is 16.1. The van der Waals surface area contributed by atoms with Crippen LogP contribution in [0.2, 0.25) is 0 Å². The van der Waals surface area contributed by atoms with Crippen LogP contribution in [0.3, 0.4) is 0 Å². The smallest absolute Gasteiger partial charge is 0.303 e. The Bertz CT molecular complexity index is 1450. The zero-order valence-electron chi connectivity index (χ0n) is 26.6. The second-order valence-corrected chi connectivity index (χ2v) is 12.5. The molecule has 1 amide bonds. The number of carboxylic acid groups (broad SMARTS) is 1. The Morgan fingerprint density at radius 2 is 1.65 bits per heavy atom. The highest BCUT2D eigenvalue weighted by molar-refractivity contribution is 5.80. The molecule has 0 unspecified atom stereocenters. The van der Waals surface area contributed by atoms with Gasteiger partial charge >= 0.3 is 5.97 Å². The summed E-state index contributed by atoms with van der Waals surface area (Å²) in [5, 5.41) is 21.2. The zero-order chi connectivity index (χ0) is 32.5. The molecule has 0 spiro atoms. The highest BCUT2D eigenvalue weighted by Crippen LogP contribution is 2.42. The first kappa shape index (κ1) is 33.5. The number of nitrogens with zero attached hydrogens (tertiary/aromatic N) is 1. The lowest BCUT2D eigenvalue weighted by atomic mass is 9.89. The highest BCUT2D eigenvalue weighted by Gasteiger charge is 2.40. The van der Waals surface area contributed by atoms with Crippen molar-refractivity contribution >= 4 is 11.9 Å². The van der Waals surface area contributed by atoms with E-state index in [9.17, 15) is 14.7 Å². The number of carbonyl (C=O) groups is 2. The molecular formula is C38H46N2O6. The van der Waals surface area contributed by atoms with E-state index in [1.807, 2.05) is 42.5 Å². The quantitative estimate of drug-likeness (QED) is 0.174. The van der Waals surface area contributed by atoms with E-state index >= 15 is 0 Å². The number of ether oxygens (including phenoxy) is 2. The van der Waals surface area contributed by atoms with Gasteiger partial charge in [0.2, 0.25) is 5.91 Å². The molecule has 1 aliphatic carbocycles. The van der Waals surface area contributed by atoms with Gasteiger partial charge in [0, 0.05) is 43.6 Å². The average Bonchev–Trinajstić information content (AvgIpc) is 3.62. The second-order valence-electron chi connectivity index (χ2n) is 12.5. The molecule has 8 nitrogen and oxygen atoms in total. The van der Waals surface area contributed by atoms with Crippen LogP contribution in [0.1, 0.15) is 80.1 Å². The van der Waals surface area contributed by atoms with Crippen molar-refractivity contribution in [1.82, 2.24) is 10.2 Å². The fourth-order valence-electron chi connectivity index (χ4n) is 6.57. The van der Waals surface area contributed by atoms with Crippen molar-refractivity contribution in [2.45, 2.75) is 83.1 Å². The minimum Gasteiger partial charge on any atom is -0.481 e. The number of rotatable bonds is 14. The molecule has 244 valence electrons. The molecule has 1 saturated carbocycles. The van der Waals surface area contributed by atoms with Crippen LogP contribution in [0.25, 0.3) is 11.1 Å². The standard InChI is InChI=1S/C38H46N2O6/c1-3-21-40(33-9-4-5-10-33)24-34-26(2)37(30-13-11-27(25-41)12-14-30)46-38(45-34)31-17-15-29(16-18-31)32-8-6-7-28(22-32)23-39-35(42)19-20-36(43)44/h3,6-8,11-18,22,26,33-34,37-38,41H,1,4-5,9-10,19-21,23-25H2,2H3,(H,39,42)(H,43,44)/t26-,34+,37+,38+/m1/s1. The van der Waals surface area contributed by atoms with Crippen molar-refractivity contribution in [3.63, 3.8) is 0 Å². The average molecular weight is 627 g/mol. The van der Waals surface area contributed by atoms with Crippen molar-refractivity contribution < 1.29 is 29.3 Å². The summed E-state index contributed by atoms with van der Waals surface area (Å²) in [5.41, 5.74) is 5.85. The maximum absolute atomic E-state index is 12.0. The van der Waals surface area contributed by atoms with Crippen molar-refractivity contribution in [2.75, 3.05) is 13.1 Å². The van der Waals surface area contributed by atoms with E-state index in [1.54, 1.807) is 0 Å². The predicted octanol–water partition coefficient (Wildman–Crippen LogP) is 6.55. The molecular weight excluding hydrogens is 580 g/mol. The Hall–Kier alpha value is -3.82. The first-order valence-electron chi connectivity index (χ1n) is 16.4. The molecule has 2 fully saturated rings. The molecule has 1 heterocycles. The fourth-order valence-corrected chi connectivity index (χ4v) is 6.57. The number of nitrogens with one attached hydrogen (secondary N) is 1. The van der Waals surface area contributed by atoms with Gasteiger partial charge in [-0.1, -0.05) is 92.6 Å². The summed E-state index contributed by atoms with van der Waals surface area (Å²) >= 11 is 0. The Morgan fingerprint density at radius 1 is 0.935 bits per heavy atom. The third-order valence-corrected chi connectivity index (χ3v) is 9.24. The van der Waals surface area contributed by atoms with Crippen molar-refractivity contribution in [3.05, 3.63) is 108 Å². The van der Waals surface area contributed by atoms with Gasteiger partial charge in [-0.2, -0.15) is 0 Å². The van der Waals surface area contributed by atoms with Gasteiger partial charge in [-0.25, -0.2) is 0 Å². The van der Waals surface area contributed by atoms with Crippen LogP contribution < -0.4 is 5.32 Å². The van der Waals surface area contributed by atoms with Crippen molar-refractivity contribution in [2.24, 2.45) is 5.92 Å². The molecule has 0 radical (unpaired) electrons. The Kier molecular flexibility index (Phi) is 11.8. The zero-order valence-corrected chi connectivity index (χ0v) is 26.6. The molecule has 3 aromatic rings. The van der Waals surface area contributed by atoms with Crippen LogP contribution in [0.5, 0.6) is 0 Å². The van der Waals surface area contributed by atoms with Gasteiger partial charge in [0.15, 0.2) is 6.29 Å². The Morgan fingerprint density at radius 3 is 2.33 bits per heavy atom. The molecule has 1 aliphatic heterocycles. The molecule has 3 N–H and O–H groups in total. The van der Waals surface area contributed by atoms with Crippen molar-refractivity contribution in [1.29, 1.82) is 0 Å². The number of amides is 1. The lowest BCUT2D eigenvalue weighted by Crippen LogP contribution is -2.47.